The molecule has 0 bridgehead atoms. The Bertz CT molecular complexity index is 993. The van der Waals surface area contributed by atoms with Crippen molar-refractivity contribution in [3.05, 3.63) is 68.0 Å². The van der Waals surface area contributed by atoms with Gasteiger partial charge in [-0.2, -0.15) is 0 Å². The smallest absolute Gasteiger partial charge is 0.343 e. The molecule has 0 aliphatic carbocycles. The van der Waals surface area contributed by atoms with Gasteiger partial charge >= 0.3 is 5.97 Å². The van der Waals surface area contributed by atoms with Crippen LogP contribution in [0, 0.1) is 0 Å². The zero-order valence-corrected chi connectivity index (χ0v) is 18.3. The van der Waals surface area contributed by atoms with Gasteiger partial charge in [-0.05, 0) is 69.2 Å². The Morgan fingerprint density at radius 1 is 1.21 bits per heavy atom. The summed E-state index contributed by atoms with van der Waals surface area (Å²) in [5, 5.41) is 0.265. The zero-order chi connectivity index (χ0) is 21.0. The Morgan fingerprint density at radius 3 is 2.59 bits per heavy atom. The number of carbonyl (C=O) groups excluding carboxylic acids is 3. The summed E-state index contributed by atoms with van der Waals surface area (Å²) in [6, 6.07) is 12.1. The first-order valence-electron chi connectivity index (χ1n) is 8.36. The lowest BCUT2D eigenvalue weighted by Gasteiger charge is -2.12. The van der Waals surface area contributed by atoms with Crippen LogP contribution in [0.2, 0.25) is 5.02 Å². The summed E-state index contributed by atoms with van der Waals surface area (Å²) in [7, 11) is 1.28. The van der Waals surface area contributed by atoms with Gasteiger partial charge in [0.25, 0.3) is 11.1 Å². The Kier molecular flexibility index (Phi) is 7.00. The molecule has 1 heterocycles. The van der Waals surface area contributed by atoms with Gasteiger partial charge in [0.05, 0.1) is 23.0 Å². The van der Waals surface area contributed by atoms with Crippen LogP contribution in [0.15, 0.2) is 51.8 Å². The summed E-state index contributed by atoms with van der Waals surface area (Å²) >= 11 is 10.1. The third-order valence-electron chi connectivity index (χ3n) is 3.95. The van der Waals surface area contributed by atoms with Gasteiger partial charge in [-0.15, -0.1) is 0 Å². The number of methoxy groups -OCH3 is 1. The van der Waals surface area contributed by atoms with Gasteiger partial charge in [0.1, 0.15) is 5.75 Å². The van der Waals surface area contributed by atoms with Crippen molar-refractivity contribution >= 4 is 62.5 Å². The van der Waals surface area contributed by atoms with E-state index in [-0.39, 0.29) is 24.3 Å². The standard InChI is InChI=1S/C20H15BrClNO5S/c1-27-18(24)11-28-16-7-4-13(8-15(16)21)9-17-19(25)23(20(26)29-17)10-12-2-5-14(22)6-3-12/h2-9H,10-11H2,1H3/b17-9-. The molecule has 150 valence electrons. The molecule has 2 aromatic carbocycles. The highest BCUT2D eigenvalue weighted by Crippen LogP contribution is 2.34. The molecule has 0 spiro atoms. The predicted molar refractivity (Wildman–Crippen MR) is 115 cm³/mol. The number of halogens is 2. The van der Waals surface area contributed by atoms with E-state index in [2.05, 4.69) is 20.7 Å². The molecular weight excluding hydrogens is 482 g/mol. The minimum atomic E-state index is -0.490. The van der Waals surface area contributed by atoms with Crippen LogP contribution in [0.1, 0.15) is 11.1 Å². The molecule has 0 N–H and O–H groups in total. The molecule has 0 aromatic heterocycles. The maximum Gasteiger partial charge on any atom is 0.343 e. The lowest BCUT2D eigenvalue weighted by molar-refractivity contribution is -0.142. The maximum absolute atomic E-state index is 12.7. The van der Waals surface area contributed by atoms with Gasteiger partial charge in [0.2, 0.25) is 0 Å². The molecule has 29 heavy (non-hydrogen) atoms. The molecule has 1 saturated heterocycles. The Hall–Kier alpha value is -2.29. The molecule has 2 aromatic rings. The maximum atomic E-state index is 12.7. The van der Waals surface area contributed by atoms with Gasteiger partial charge in [-0.25, -0.2) is 4.79 Å². The number of rotatable bonds is 6. The lowest BCUT2D eigenvalue weighted by Crippen LogP contribution is -2.27. The van der Waals surface area contributed by atoms with Crippen LogP contribution in [-0.4, -0.2) is 35.7 Å². The van der Waals surface area contributed by atoms with Gasteiger partial charge in [0.15, 0.2) is 6.61 Å². The number of benzene rings is 2. The number of carbonyl (C=O) groups is 3. The van der Waals surface area contributed by atoms with E-state index >= 15 is 0 Å². The molecule has 3 rings (SSSR count). The fourth-order valence-corrected chi connectivity index (χ4v) is 3.95. The monoisotopic (exact) mass is 495 g/mol. The molecule has 6 nitrogen and oxygen atoms in total. The van der Waals surface area contributed by atoms with Crippen LogP contribution < -0.4 is 4.74 Å². The van der Waals surface area contributed by atoms with Gasteiger partial charge in [0, 0.05) is 5.02 Å². The Labute approximate surface area is 184 Å². The zero-order valence-electron chi connectivity index (χ0n) is 15.2. The molecule has 1 aliphatic rings. The molecule has 0 saturated carbocycles. The van der Waals surface area contributed by atoms with E-state index in [0.717, 1.165) is 17.3 Å². The minimum absolute atomic E-state index is 0.184. The van der Waals surface area contributed by atoms with Crippen molar-refractivity contribution in [1.29, 1.82) is 0 Å². The van der Waals surface area contributed by atoms with Crippen LogP contribution in [0.4, 0.5) is 4.79 Å². The SMILES string of the molecule is COC(=O)COc1ccc(/C=C2\SC(=O)N(Cc3ccc(Cl)cc3)C2=O)cc1Br. The Balaban J connectivity index is 1.72. The first-order chi connectivity index (χ1) is 13.9. The average Bonchev–Trinajstić information content (AvgIpc) is 2.96. The molecule has 0 unspecified atom stereocenters. The highest BCUT2D eigenvalue weighted by Gasteiger charge is 2.35. The summed E-state index contributed by atoms with van der Waals surface area (Å²) in [5.41, 5.74) is 1.52. The molecule has 2 amide bonds. The van der Waals surface area contributed by atoms with Crippen molar-refractivity contribution in [2.75, 3.05) is 13.7 Å². The number of hydrogen-bond donors (Lipinski definition) is 0. The number of imide groups is 1. The van der Waals surface area contributed by atoms with E-state index < -0.39 is 5.97 Å². The van der Waals surface area contributed by atoms with Crippen molar-refractivity contribution in [1.82, 2.24) is 4.90 Å². The first kappa shape index (κ1) is 21.4. The quantitative estimate of drug-likeness (QED) is 0.419. The van der Waals surface area contributed by atoms with E-state index in [1.54, 1.807) is 48.5 Å². The van der Waals surface area contributed by atoms with E-state index in [4.69, 9.17) is 16.3 Å². The van der Waals surface area contributed by atoms with Crippen LogP contribution in [-0.2, 0) is 20.9 Å². The highest BCUT2D eigenvalue weighted by atomic mass is 79.9. The molecular formula is C20H15BrClNO5S. The highest BCUT2D eigenvalue weighted by molar-refractivity contribution is 9.10. The molecule has 0 atom stereocenters. The predicted octanol–water partition coefficient (Wildman–Crippen LogP) is 4.89. The van der Waals surface area contributed by atoms with E-state index in [1.165, 1.54) is 12.0 Å². The topological polar surface area (TPSA) is 72.9 Å². The fourth-order valence-electron chi connectivity index (χ4n) is 2.48. The second kappa shape index (κ2) is 9.47. The summed E-state index contributed by atoms with van der Waals surface area (Å²) in [5.74, 6) is -0.379. The van der Waals surface area contributed by atoms with Gasteiger partial charge < -0.3 is 9.47 Å². The minimum Gasteiger partial charge on any atom is -0.481 e. The largest absolute Gasteiger partial charge is 0.481 e. The second-order valence-electron chi connectivity index (χ2n) is 5.95. The van der Waals surface area contributed by atoms with E-state index in [0.29, 0.717) is 25.7 Å². The number of thioether (sulfide) groups is 1. The molecule has 9 heteroatoms. The summed E-state index contributed by atoms with van der Waals surface area (Å²) < 4.78 is 10.5. The van der Waals surface area contributed by atoms with Gasteiger partial charge in [-0.3, -0.25) is 14.5 Å². The average molecular weight is 497 g/mol. The number of amides is 2. The van der Waals surface area contributed by atoms with Crippen LogP contribution >= 0.6 is 39.3 Å². The third-order valence-corrected chi connectivity index (χ3v) is 5.73. The normalized spacial score (nSPS) is 15.1. The van der Waals surface area contributed by atoms with Crippen LogP contribution in [0.5, 0.6) is 5.75 Å². The fraction of sp³-hybridized carbons (Fsp3) is 0.150. The molecule has 1 aliphatic heterocycles. The molecule has 0 radical (unpaired) electrons. The van der Waals surface area contributed by atoms with Crippen molar-refractivity contribution in [2.45, 2.75) is 6.54 Å². The Morgan fingerprint density at radius 2 is 1.93 bits per heavy atom. The summed E-state index contributed by atoms with van der Waals surface area (Å²) in [6.45, 7) is -0.0266. The number of ether oxygens (including phenoxy) is 2. The van der Waals surface area contributed by atoms with E-state index in [1.807, 2.05) is 0 Å². The number of nitrogens with zero attached hydrogens (tertiary/aromatic N) is 1. The lowest BCUT2D eigenvalue weighted by atomic mass is 10.2. The van der Waals surface area contributed by atoms with Crippen molar-refractivity contribution in [3.8, 4) is 5.75 Å². The number of hydrogen-bond acceptors (Lipinski definition) is 6. The second-order valence-corrected chi connectivity index (χ2v) is 8.23. The summed E-state index contributed by atoms with van der Waals surface area (Å²) in [6.07, 6.45) is 1.64. The first-order valence-corrected chi connectivity index (χ1v) is 10.3. The third kappa shape index (κ3) is 5.41. The van der Waals surface area contributed by atoms with E-state index in [9.17, 15) is 14.4 Å². The van der Waals surface area contributed by atoms with Crippen molar-refractivity contribution < 1.29 is 23.9 Å². The number of esters is 1. The van der Waals surface area contributed by atoms with Crippen molar-refractivity contribution in [3.63, 3.8) is 0 Å². The van der Waals surface area contributed by atoms with Crippen LogP contribution in [0.25, 0.3) is 6.08 Å². The summed E-state index contributed by atoms with van der Waals surface area (Å²) in [4.78, 5) is 37.7. The molecule has 1 fully saturated rings. The van der Waals surface area contributed by atoms with Crippen LogP contribution in [0.3, 0.4) is 0 Å². The van der Waals surface area contributed by atoms with Gasteiger partial charge in [-0.1, -0.05) is 29.8 Å². The van der Waals surface area contributed by atoms with Crippen molar-refractivity contribution in [2.24, 2.45) is 0 Å².